The van der Waals surface area contributed by atoms with Gasteiger partial charge in [0.1, 0.15) is 0 Å². The summed E-state index contributed by atoms with van der Waals surface area (Å²) in [5, 5.41) is 4.14. The summed E-state index contributed by atoms with van der Waals surface area (Å²) >= 11 is 2.03. The van der Waals surface area contributed by atoms with Crippen molar-refractivity contribution in [1.29, 1.82) is 0 Å². The van der Waals surface area contributed by atoms with E-state index in [4.69, 9.17) is 0 Å². The Morgan fingerprint density at radius 1 is 1.24 bits per heavy atom. The predicted molar refractivity (Wildman–Crippen MR) is 78.9 cm³/mol. The molecule has 0 aliphatic rings. The van der Waals surface area contributed by atoms with Crippen LogP contribution in [0.3, 0.4) is 0 Å². The third-order valence-corrected chi connectivity index (χ3v) is 4.87. The zero-order valence-corrected chi connectivity index (χ0v) is 12.3. The highest BCUT2D eigenvalue weighted by atomic mass is 32.2. The van der Waals surface area contributed by atoms with E-state index in [-0.39, 0.29) is 0 Å². The highest BCUT2D eigenvalue weighted by Gasteiger charge is 2.19. The molecule has 2 heteroatoms. The first kappa shape index (κ1) is 14.6. The molecule has 0 fully saturated rings. The van der Waals surface area contributed by atoms with Gasteiger partial charge in [-0.1, -0.05) is 38.5 Å². The standard InChI is InChI=1S/C15H25NS/c1-5-9-13(16-4)14(6-2)17-15-11-8-7-10-12(15)3/h7-8,10-11,13-14,16H,5-6,9H2,1-4H3. The van der Waals surface area contributed by atoms with Crippen LogP contribution < -0.4 is 5.32 Å². The van der Waals surface area contributed by atoms with Gasteiger partial charge in [-0.25, -0.2) is 0 Å². The van der Waals surface area contributed by atoms with Gasteiger partial charge in [-0.3, -0.25) is 0 Å². The number of hydrogen-bond donors (Lipinski definition) is 1. The lowest BCUT2D eigenvalue weighted by atomic mass is 10.1. The summed E-state index contributed by atoms with van der Waals surface area (Å²) in [6.45, 7) is 6.74. The lowest BCUT2D eigenvalue weighted by Gasteiger charge is -2.25. The van der Waals surface area contributed by atoms with Gasteiger partial charge >= 0.3 is 0 Å². The van der Waals surface area contributed by atoms with Gasteiger partial charge in [0.2, 0.25) is 0 Å². The van der Waals surface area contributed by atoms with E-state index in [9.17, 15) is 0 Å². The lowest BCUT2D eigenvalue weighted by Crippen LogP contribution is -2.35. The van der Waals surface area contributed by atoms with E-state index in [1.54, 1.807) is 0 Å². The summed E-state index contributed by atoms with van der Waals surface area (Å²) in [5.74, 6) is 0. The number of aryl methyl sites for hydroxylation is 1. The van der Waals surface area contributed by atoms with Gasteiger partial charge in [-0.05, 0) is 38.4 Å². The number of hydrogen-bond acceptors (Lipinski definition) is 2. The summed E-state index contributed by atoms with van der Waals surface area (Å²) in [5.41, 5.74) is 1.39. The number of thioether (sulfide) groups is 1. The third-order valence-electron chi connectivity index (χ3n) is 3.19. The van der Waals surface area contributed by atoms with E-state index in [2.05, 4.69) is 57.4 Å². The molecule has 1 aromatic rings. The van der Waals surface area contributed by atoms with Gasteiger partial charge in [0.15, 0.2) is 0 Å². The third kappa shape index (κ3) is 4.36. The highest BCUT2D eigenvalue weighted by molar-refractivity contribution is 8.00. The van der Waals surface area contributed by atoms with Crippen LogP contribution in [0.2, 0.25) is 0 Å². The molecule has 0 saturated heterocycles. The minimum atomic E-state index is 0.620. The number of nitrogens with one attached hydrogen (secondary N) is 1. The maximum Gasteiger partial charge on any atom is 0.0245 e. The predicted octanol–water partition coefficient (Wildman–Crippen LogP) is 4.25. The molecule has 1 rings (SSSR count). The van der Waals surface area contributed by atoms with Crippen molar-refractivity contribution in [3.05, 3.63) is 29.8 Å². The van der Waals surface area contributed by atoms with Crippen LogP contribution in [0.1, 0.15) is 38.7 Å². The molecule has 2 unspecified atom stereocenters. The topological polar surface area (TPSA) is 12.0 Å². The van der Waals surface area contributed by atoms with E-state index in [0.29, 0.717) is 11.3 Å². The second kappa shape index (κ2) is 7.78. The molecular weight excluding hydrogens is 226 g/mol. The average Bonchev–Trinajstić information content (AvgIpc) is 2.35. The Bertz CT molecular complexity index is 324. The molecule has 0 aromatic heterocycles. The van der Waals surface area contributed by atoms with E-state index in [1.807, 2.05) is 11.8 Å². The molecule has 1 nitrogen and oxygen atoms in total. The normalized spacial score (nSPS) is 14.6. The van der Waals surface area contributed by atoms with Crippen LogP contribution in [0.15, 0.2) is 29.2 Å². The van der Waals surface area contributed by atoms with Gasteiger partial charge in [0.25, 0.3) is 0 Å². The number of rotatable bonds is 7. The molecular formula is C15H25NS. The van der Waals surface area contributed by atoms with Gasteiger partial charge < -0.3 is 5.32 Å². The molecule has 0 radical (unpaired) electrons. The van der Waals surface area contributed by atoms with Crippen molar-refractivity contribution in [2.24, 2.45) is 0 Å². The molecule has 0 aliphatic carbocycles. The molecule has 1 N–H and O–H groups in total. The zero-order chi connectivity index (χ0) is 12.7. The largest absolute Gasteiger partial charge is 0.316 e. The van der Waals surface area contributed by atoms with Gasteiger partial charge in [-0.15, -0.1) is 11.8 Å². The van der Waals surface area contributed by atoms with Crippen LogP contribution in [0.25, 0.3) is 0 Å². The molecule has 0 bridgehead atoms. The summed E-state index contributed by atoms with van der Waals surface area (Å²) in [7, 11) is 2.08. The minimum Gasteiger partial charge on any atom is -0.316 e. The minimum absolute atomic E-state index is 0.620. The fourth-order valence-corrected chi connectivity index (χ4v) is 3.47. The Kier molecular flexibility index (Phi) is 6.68. The second-order valence-electron chi connectivity index (χ2n) is 4.51. The molecule has 96 valence electrons. The van der Waals surface area contributed by atoms with Crippen molar-refractivity contribution in [1.82, 2.24) is 5.32 Å². The fourth-order valence-electron chi connectivity index (χ4n) is 2.13. The zero-order valence-electron chi connectivity index (χ0n) is 11.5. The first-order valence-corrected chi connectivity index (χ1v) is 7.50. The van der Waals surface area contributed by atoms with Crippen molar-refractivity contribution >= 4 is 11.8 Å². The van der Waals surface area contributed by atoms with Crippen molar-refractivity contribution < 1.29 is 0 Å². The summed E-state index contributed by atoms with van der Waals surface area (Å²) in [4.78, 5) is 1.43. The van der Waals surface area contributed by atoms with Crippen molar-refractivity contribution in [3.8, 4) is 0 Å². The second-order valence-corrected chi connectivity index (χ2v) is 5.79. The Morgan fingerprint density at radius 2 is 1.94 bits per heavy atom. The van der Waals surface area contributed by atoms with Crippen LogP contribution in [-0.4, -0.2) is 18.3 Å². The maximum atomic E-state index is 3.47. The van der Waals surface area contributed by atoms with Crippen molar-refractivity contribution in [3.63, 3.8) is 0 Å². The quantitative estimate of drug-likeness (QED) is 0.727. The van der Waals surface area contributed by atoms with Gasteiger partial charge in [0.05, 0.1) is 0 Å². The smallest absolute Gasteiger partial charge is 0.0245 e. The lowest BCUT2D eigenvalue weighted by molar-refractivity contribution is 0.490. The first-order valence-electron chi connectivity index (χ1n) is 6.62. The van der Waals surface area contributed by atoms with Crippen LogP contribution in [0.5, 0.6) is 0 Å². The molecule has 0 amide bonds. The van der Waals surface area contributed by atoms with E-state index in [1.165, 1.54) is 29.7 Å². The Balaban J connectivity index is 2.72. The Hall–Kier alpha value is -0.470. The Labute approximate surface area is 110 Å². The van der Waals surface area contributed by atoms with Gasteiger partial charge in [0, 0.05) is 16.2 Å². The molecule has 0 spiro atoms. The summed E-state index contributed by atoms with van der Waals surface area (Å²) < 4.78 is 0. The molecule has 0 saturated carbocycles. The highest BCUT2D eigenvalue weighted by Crippen LogP contribution is 2.31. The Morgan fingerprint density at radius 3 is 2.47 bits per heavy atom. The van der Waals surface area contributed by atoms with Crippen molar-refractivity contribution in [2.75, 3.05) is 7.05 Å². The van der Waals surface area contributed by atoms with E-state index >= 15 is 0 Å². The molecule has 0 heterocycles. The SMILES string of the molecule is CCCC(NC)C(CC)Sc1ccccc1C. The molecule has 17 heavy (non-hydrogen) atoms. The van der Waals surface area contributed by atoms with Crippen LogP contribution in [0, 0.1) is 6.92 Å². The van der Waals surface area contributed by atoms with E-state index < -0.39 is 0 Å². The van der Waals surface area contributed by atoms with Crippen molar-refractivity contribution in [2.45, 2.75) is 56.2 Å². The first-order chi connectivity index (χ1) is 8.22. The summed E-state index contributed by atoms with van der Waals surface area (Å²) in [6.07, 6.45) is 3.72. The van der Waals surface area contributed by atoms with Crippen LogP contribution in [-0.2, 0) is 0 Å². The molecule has 2 atom stereocenters. The molecule has 0 aliphatic heterocycles. The monoisotopic (exact) mass is 251 g/mol. The van der Waals surface area contributed by atoms with Crippen LogP contribution in [0.4, 0.5) is 0 Å². The summed E-state index contributed by atoms with van der Waals surface area (Å²) in [6, 6.07) is 9.30. The fraction of sp³-hybridized carbons (Fsp3) is 0.600. The maximum absolute atomic E-state index is 3.47. The number of benzene rings is 1. The molecule has 1 aromatic carbocycles. The van der Waals surface area contributed by atoms with Crippen LogP contribution >= 0.6 is 11.8 Å². The van der Waals surface area contributed by atoms with Gasteiger partial charge in [-0.2, -0.15) is 0 Å². The average molecular weight is 251 g/mol. The van der Waals surface area contributed by atoms with E-state index in [0.717, 1.165) is 0 Å².